The van der Waals surface area contributed by atoms with E-state index in [9.17, 15) is 9.59 Å². The number of amides is 2. The molecular weight excluding hydrogens is 534 g/mol. The van der Waals surface area contributed by atoms with E-state index in [0.29, 0.717) is 50.6 Å². The number of para-hydroxylation sites is 2. The van der Waals surface area contributed by atoms with Crippen molar-refractivity contribution in [2.45, 2.75) is 33.4 Å². The molecule has 2 aromatic carbocycles. The summed E-state index contributed by atoms with van der Waals surface area (Å²) in [5.74, 6) is 0.884. The zero-order valence-corrected chi connectivity index (χ0v) is 24.6. The molecule has 3 heterocycles. The van der Waals surface area contributed by atoms with Gasteiger partial charge in [0.05, 0.1) is 25.4 Å². The molecular formula is C32H37N5O3S. The largest absolute Gasteiger partial charge is 0.492 e. The summed E-state index contributed by atoms with van der Waals surface area (Å²) < 4.78 is 7.91. The molecule has 8 nitrogen and oxygen atoms in total. The Labute approximate surface area is 245 Å². The molecule has 214 valence electrons. The van der Waals surface area contributed by atoms with Crippen LogP contribution < -0.4 is 9.64 Å². The lowest BCUT2D eigenvalue weighted by Gasteiger charge is -2.36. The standard InChI is InChI=1S/C32H37N5O3S/c1-3-16-37(31(38)25-11-6-5-7-12-25)22-26-13-10-17-36(26)23-30-33-27(24-41-30)32(39)35-20-18-34(19-21-35)28-14-8-9-15-29(28)40-4-2/h5-15,17,24H,3-4,16,18-23H2,1-2H3. The van der Waals surface area contributed by atoms with Crippen LogP contribution in [0.15, 0.2) is 78.3 Å². The van der Waals surface area contributed by atoms with E-state index in [1.165, 1.54) is 11.3 Å². The molecule has 4 aromatic rings. The minimum atomic E-state index is -0.0273. The predicted octanol–water partition coefficient (Wildman–Crippen LogP) is 5.41. The van der Waals surface area contributed by atoms with E-state index in [0.717, 1.165) is 41.6 Å². The van der Waals surface area contributed by atoms with Crippen molar-refractivity contribution in [3.05, 3.63) is 100 Å². The van der Waals surface area contributed by atoms with Crippen LogP contribution in [0.5, 0.6) is 5.75 Å². The van der Waals surface area contributed by atoms with E-state index < -0.39 is 0 Å². The second kappa shape index (κ2) is 13.5. The zero-order chi connectivity index (χ0) is 28.6. The van der Waals surface area contributed by atoms with Crippen LogP contribution in [0, 0.1) is 0 Å². The molecule has 2 amide bonds. The Kier molecular flexibility index (Phi) is 9.36. The van der Waals surface area contributed by atoms with Gasteiger partial charge in [-0.25, -0.2) is 4.98 Å². The molecule has 0 spiro atoms. The maximum Gasteiger partial charge on any atom is 0.273 e. The first-order valence-corrected chi connectivity index (χ1v) is 15.1. The van der Waals surface area contributed by atoms with Crippen LogP contribution in [0.1, 0.15) is 51.8 Å². The van der Waals surface area contributed by atoms with Crippen molar-refractivity contribution in [1.29, 1.82) is 0 Å². The highest BCUT2D eigenvalue weighted by molar-refractivity contribution is 7.09. The highest BCUT2D eigenvalue weighted by atomic mass is 32.1. The molecule has 1 aliphatic heterocycles. The van der Waals surface area contributed by atoms with Crippen molar-refractivity contribution >= 4 is 28.8 Å². The van der Waals surface area contributed by atoms with Crippen molar-refractivity contribution in [3.8, 4) is 5.75 Å². The van der Waals surface area contributed by atoms with Crippen molar-refractivity contribution < 1.29 is 14.3 Å². The summed E-state index contributed by atoms with van der Waals surface area (Å²) in [4.78, 5) is 37.2. The monoisotopic (exact) mass is 571 g/mol. The first kappa shape index (κ1) is 28.4. The van der Waals surface area contributed by atoms with Gasteiger partial charge in [-0.2, -0.15) is 0 Å². The fraction of sp³-hybridized carbons (Fsp3) is 0.344. The SMILES string of the molecule is CCCN(Cc1cccn1Cc1nc(C(=O)N2CCN(c3ccccc3OCC)CC2)cs1)C(=O)c1ccccc1. The van der Waals surface area contributed by atoms with Gasteiger partial charge in [-0.05, 0) is 49.7 Å². The number of anilines is 1. The Morgan fingerprint density at radius 2 is 1.71 bits per heavy atom. The number of ether oxygens (including phenoxy) is 1. The Hall–Kier alpha value is -4.11. The van der Waals surface area contributed by atoms with Crippen molar-refractivity contribution in [3.63, 3.8) is 0 Å². The van der Waals surface area contributed by atoms with Crippen molar-refractivity contribution in [1.82, 2.24) is 19.4 Å². The summed E-state index contributed by atoms with van der Waals surface area (Å²) >= 11 is 1.50. The lowest BCUT2D eigenvalue weighted by Crippen LogP contribution is -2.49. The number of aromatic nitrogens is 2. The molecule has 0 saturated carbocycles. The van der Waals surface area contributed by atoms with Gasteiger partial charge in [-0.1, -0.05) is 37.3 Å². The first-order chi connectivity index (χ1) is 20.1. The van der Waals surface area contributed by atoms with Gasteiger partial charge in [0, 0.05) is 55.6 Å². The quantitative estimate of drug-likeness (QED) is 0.241. The van der Waals surface area contributed by atoms with E-state index in [-0.39, 0.29) is 11.8 Å². The van der Waals surface area contributed by atoms with Crippen LogP contribution in [-0.4, -0.2) is 70.5 Å². The molecule has 2 aromatic heterocycles. The molecule has 1 saturated heterocycles. The van der Waals surface area contributed by atoms with Crippen LogP contribution in [0.2, 0.25) is 0 Å². The van der Waals surface area contributed by atoms with Gasteiger partial charge >= 0.3 is 0 Å². The van der Waals surface area contributed by atoms with Crippen molar-refractivity contribution in [2.24, 2.45) is 0 Å². The van der Waals surface area contributed by atoms with Crippen LogP contribution in [0.25, 0.3) is 0 Å². The summed E-state index contributed by atoms with van der Waals surface area (Å²) in [6, 6.07) is 21.5. The Morgan fingerprint density at radius 1 is 0.951 bits per heavy atom. The molecule has 1 aliphatic rings. The number of hydrogen-bond donors (Lipinski definition) is 0. The number of rotatable bonds is 11. The minimum absolute atomic E-state index is 0.0273. The van der Waals surface area contributed by atoms with E-state index in [4.69, 9.17) is 9.72 Å². The van der Waals surface area contributed by atoms with E-state index in [1.807, 2.05) is 89.0 Å². The maximum atomic E-state index is 13.3. The molecule has 0 bridgehead atoms. The van der Waals surface area contributed by atoms with E-state index in [1.54, 1.807) is 0 Å². The van der Waals surface area contributed by atoms with Gasteiger partial charge in [-0.3, -0.25) is 9.59 Å². The molecule has 1 fully saturated rings. The summed E-state index contributed by atoms with van der Waals surface area (Å²) in [6.07, 6.45) is 2.89. The van der Waals surface area contributed by atoms with Gasteiger partial charge < -0.3 is 24.0 Å². The second-order valence-corrected chi connectivity index (χ2v) is 11.0. The Balaban J connectivity index is 1.20. The summed E-state index contributed by atoms with van der Waals surface area (Å²) in [6.45, 7) is 9.20. The third kappa shape index (κ3) is 6.79. The fourth-order valence-corrected chi connectivity index (χ4v) is 5.93. The molecule has 0 radical (unpaired) electrons. The summed E-state index contributed by atoms with van der Waals surface area (Å²) in [5, 5.41) is 2.73. The third-order valence-electron chi connectivity index (χ3n) is 7.23. The average Bonchev–Trinajstić information content (AvgIpc) is 3.67. The number of benzene rings is 2. The first-order valence-electron chi connectivity index (χ1n) is 14.3. The molecule has 5 rings (SSSR count). The third-order valence-corrected chi connectivity index (χ3v) is 8.06. The molecule has 0 atom stereocenters. The second-order valence-electron chi connectivity index (χ2n) is 10.0. The van der Waals surface area contributed by atoms with Crippen molar-refractivity contribution in [2.75, 3.05) is 44.2 Å². The van der Waals surface area contributed by atoms with Crippen LogP contribution in [0.3, 0.4) is 0 Å². The topological polar surface area (TPSA) is 70.9 Å². The number of thiazole rings is 1. The van der Waals surface area contributed by atoms with Crippen LogP contribution in [0.4, 0.5) is 5.69 Å². The Morgan fingerprint density at radius 3 is 2.46 bits per heavy atom. The molecule has 9 heteroatoms. The molecule has 0 aliphatic carbocycles. The molecule has 41 heavy (non-hydrogen) atoms. The van der Waals surface area contributed by atoms with Gasteiger partial charge in [-0.15, -0.1) is 11.3 Å². The number of carbonyl (C=O) groups is 2. The number of hydrogen-bond acceptors (Lipinski definition) is 6. The summed E-state index contributed by atoms with van der Waals surface area (Å²) in [5.41, 5.74) is 3.30. The number of nitrogens with zero attached hydrogens (tertiary/aromatic N) is 5. The molecule has 0 N–H and O–H groups in total. The van der Waals surface area contributed by atoms with E-state index >= 15 is 0 Å². The van der Waals surface area contributed by atoms with Gasteiger partial charge in [0.25, 0.3) is 11.8 Å². The highest BCUT2D eigenvalue weighted by Gasteiger charge is 2.25. The van der Waals surface area contributed by atoms with Crippen LogP contribution >= 0.6 is 11.3 Å². The lowest BCUT2D eigenvalue weighted by molar-refractivity contribution is 0.0732. The lowest BCUT2D eigenvalue weighted by atomic mass is 10.2. The predicted molar refractivity (Wildman–Crippen MR) is 163 cm³/mol. The van der Waals surface area contributed by atoms with Gasteiger partial charge in [0.15, 0.2) is 0 Å². The normalized spacial score (nSPS) is 13.3. The maximum absolute atomic E-state index is 13.3. The average molecular weight is 572 g/mol. The number of carbonyl (C=O) groups excluding carboxylic acids is 2. The van der Waals surface area contributed by atoms with Gasteiger partial charge in [0.2, 0.25) is 0 Å². The number of piperazine rings is 1. The molecule has 0 unspecified atom stereocenters. The zero-order valence-electron chi connectivity index (χ0n) is 23.7. The summed E-state index contributed by atoms with van der Waals surface area (Å²) in [7, 11) is 0. The van der Waals surface area contributed by atoms with E-state index in [2.05, 4.69) is 22.5 Å². The van der Waals surface area contributed by atoms with Gasteiger partial charge in [0.1, 0.15) is 16.5 Å². The highest BCUT2D eigenvalue weighted by Crippen LogP contribution is 2.29. The smallest absolute Gasteiger partial charge is 0.273 e. The minimum Gasteiger partial charge on any atom is -0.492 e. The fourth-order valence-electron chi connectivity index (χ4n) is 5.16. The Bertz CT molecular complexity index is 1440. The van der Waals surface area contributed by atoms with Crippen LogP contribution in [-0.2, 0) is 13.1 Å².